The molecule has 5 atom stereocenters. The summed E-state index contributed by atoms with van der Waals surface area (Å²) in [5.74, 6) is -11.7. The number of carboxylic acid groups (broad SMARTS) is 1. The molecule has 4 aliphatic rings. The standard InChI is InChI=1S/C28H31ClF2N2O4.C18H28N2O2.C10H5ClF2O3.H3P/c1-27(2)10-9-17-13-18(5-7-23(17)37-27)25(34)21(16-33-11-3-4-12-33)32-26(35)28(30,31)24-15-19-14-20(29)6-8-22(19)36-24;1-18(2)8-7-13-11-14(5-6-16(13)22-18)17(21)15(19)12-20-9-3-4-10-20;11-6-1-2-7-5(3-6)4-8(16-7)10(12,13)9(14)15;/h5-8,13-15,21,25,34H,3-4,9-12,16H2,1-2H3,(H,32,35);5-6,11,15,17,21H,3-4,7-10,12,19H2,1-2H3;1-4H,(H,14,15);1H3/t21-,25-;15-,17?;;/m11../s1. The van der Waals surface area contributed by atoms with E-state index in [9.17, 15) is 28.6 Å². The number of nitrogens with two attached hydrogens (primary N) is 1. The molecule has 10 rings (SSSR count). The number of carbonyl (C=O) groups is 2. The number of benzene rings is 4. The van der Waals surface area contributed by atoms with Crippen LogP contribution in [0.2, 0.25) is 10.0 Å². The Hall–Kier alpha value is -4.97. The number of fused-ring (bicyclic) bond motifs is 4. The van der Waals surface area contributed by atoms with E-state index in [0.717, 1.165) is 106 Å². The number of amides is 1. The molecule has 0 radical (unpaired) electrons. The van der Waals surface area contributed by atoms with Gasteiger partial charge in [-0.15, -0.1) is 0 Å². The van der Waals surface area contributed by atoms with E-state index in [1.165, 1.54) is 54.8 Å². The lowest BCUT2D eigenvalue weighted by Crippen LogP contribution is -2.50. The Labute approximate surface area is 452 Å². The third-order valence-electron chi connectivity index (χ3n) is 14.2. The minimum absolute atomic E-state index is 0. The highest BCUT2D eigenvalue weighted by Crippen LogP contribution is 2.39. The predicted octanol–water partition coefficient (Wildman–Crippen LogP) is 11.2. The van der Waals surface area contributed by atoms with Gasteiger partial charge in [-0.05, 0) is 200 Å². The SMILES string of the molecule is CC1(C)CCc2cc(C(O)[C@H](N)CN3CCCC3)ccc2O1.CC1(C)CCc2cc([C@@H](O)[C@@H](CN3CCCC3)NC(=O)C(F)(F)c3cc4cc(Cl)ccc4o3)ccc2O1.O=C(O)C(F)(F)c1cc2cc(Cl)ccc2o1.P. The predicted molar refractivity (Wildman–Crippen MR) is 289 cm³/mol. The minimum Gasteiger partial charge on any atom is -0.488 e. The topological polar surface area (TPSA) is 184 Å². The average molecular weight is 1120 g/mol. The lowest BCUT2D eigenvalue weighted by molar-refractivity contribution is -0.168. The molecule has 6 N–H and O–H groups in total. The van der Waals surface area contributed by atoms with E-state index in [1.54, 1.807) is 12.1 Å². The molecule has 2 fully saturated rings. The second-order valence-electron chi connectivity index (χ2n) is 21.1. The van der Waals surface area contributed by atoms with E-state index in [4.69, 9.17) is 52.4 Å². The number of likely N-dealkylation sites (tertiary alicyclic amines) is 2. The van der Waals surface area contributed by atoms with Gasteiger partial charge in [-0.25, -0.2) is 4.79 Å². The van der Waals surface area contributed by atoms with Gasteiger partial charge in [0, 0.05) is 39.9 Å². The average Bonchev–Trinajstić information content (AvgIpc) is 4.22. The van der Waals surface area contributed by atoms with E-state index in [-0.39, 0.29) is 44.9 Å². The van der Waals surface area contributed by atoms with Gasteiger partial charge in [0.15, 0.2) is 11.5 Å². The molecule has 4 aromatic carbocycles. The number of alkyl halides is 4. The number of carboxylic acids is 1. The van der Waals surface area contributed by atoms with Crippen LogP contribution >= 0.6 is 33.1 Å². The summed E-state index contributed by atoms with van der Waals surface area (Å²) in [4.78, 5) is 27.7. The van der Waals surface area contributed by atoms with Crippen molar-refractivity contribution in [2.24, 2.45) is 5.73 Å². The largest absolute Gasteiger partial charge is 0.488 e. The van der Waals surface area contributed by atoms with Crippen LogP contribution in [0.25, 0.3) is 21.9 Å². The number of aliphatic carboxylic acids is 1. The monoisotopic (exact) mass is 1120 g/mol. The van der Waals surface area contributed by atoms with Crippen molar-refractivity contribution in [3.63, 3.8) is 0 Å². The number of carbonyl (C=O) groups excluding carboxylic acids is 1. The van der Waals surface area contributed by atoms with Gasteiger partial charge in [0.2, 0.25) is 0 Å². The zero-order valence-electron chi connectivity index (χ0n) is 43.0. The first-order valence-electron chi connectivity index (χ1n) is 25.3. The van der Waals surface area contributed by atoms with Gasteiger partial charge in [0.25, 0.3) is 5.91 Å². The van der Waals surface area contributed by atoms with Gasteiger partial charge in [0.1, 0.15) is 40.0 Å². The molecule has 76 heavy (non-hydrogen) atoms. The second-order valence-corrected chi connectivity index (χ2v) is 22.0. The summed E-state index contributed by atoms with van der Waals surface area (Å²) in [7, 11) is 0. The van der Waals surface area contributed by atoms with Gasteiger partial charge in [-0.3, -0.25) is 4.79 Å². The first-order chi connectivity index (χ1) is 35.4. The Balaban J connectivity index is 0.000000182. The second kappa shape index (κ2) is 24.0. The van der Waals surface area contributed by atoms with E-state index in [0.29, 0.717) is 26.4 Å². The van der Waals surface area contributed by atoms with Gasteiger partial charge in [-0.2, -0.15) is 27.5 Å². The van der Waals surface area contributed by atoms with E-state index in [1.807, 2.05) is 32.0 Å². The van der Waals surface area contributed by atoms with Gasteiger partial charge in [-0.1, -0.05) is 35.3 Å². The fourth-order valence-corrected chi connectivity index (χ4v) is 10.2. The molecular formula is C56H67Cl2F4N4O9P. The van der Waals surface area contributed by atoms with Crippen molar-refractivity contribution < 1.29 is 60.8 Å². The number of furan rings is 2. The summed E-state index contributed by atoms with van der Waals surface area (Å²) in [5, 5.41) is 34.1. The molecule has 1 amide bonds. The molecule has 4 aliphatic heterocycles. The number of nitrogens with one attached hydrogen (secondary N) is 1. The van der Waals surface area contributed by atoms with Crippen molar-refractivity contribution in [3.8, 4) is 11.5 Å². The molecule has 6 aromatic rings. The summed E-state index contributed by atoms with van der Waals surface area (Å²) >= 11 is 11.6. The fraction of sp³-hybridized carbons (Fsp3) is 0.464. The van der Waals surface area contributed by atoms with Crippen LogP contribution in [0, 0.1) is 0 Å². The molecule has 0 bridgehead atoms. The van der Waals surface area contributed by atoms with Crippen molar-refractivity contribution in [3.05, 3.63) is 129 Å². The Morgan fingerprint density at radius 3 is 1.55 bits per heavy atom. The Morgan fingerprint density at radius 1 is 0.658 bits per heavy atom. The number of nitrogens with zero attached hydrogens (tertiary/aromatic N) is 2. The lowest BCUT2D eigenvalue weighted by Gasteiger charge is -2.34. The van der Waals surface area contributed by atoms with E-state index >= 15 is 8.78 Å². The van der Waals surface area contributed by atoms with Crippen molar-refractivity contribution in [2.45, 2.75) is 126 Å². The molecule has 6 heterocycles. The normalized spacial score (nSPS) is 18.8. The van der Waals surface area contributed by atoms with Crippen LogP contribution in [0.15, 0.2) is 93.8 Å². The Morgan fingerprint density at radius 2 is 1.09 bits per heavy atom. The maximum Gasteiger partial charge on any atom is 0.399 e. The highest BCUT2D eigenvalue weighted by Gasteiger charge is 2.47. The van der Waals surface area contributed by atoms with Crippen LogP contribution in [0.1, 0.15) is 112 Å². The molecule has 0 aliphatic carbocycles. The van der Waals surface area contributed by atoms with Crippen LogP contribution < -0.4 is 20.5 Å². The van der Waals surface area contributed by atoms with Crippen molar-refractivity contribution in [1.82, 2.24) is 15.1 Å². The number of hydrogen-bond acceptors (Lipinski definition) is 11. The highest BCUT2D eigenvalue weighted by molar-refractivity contribution is 6.92. The van der Waals surface area contributed by atoms with Crippen molar-refractivity contribution >= 4 is 66.9 Å². The third-order valence-corrected chi connectivity index (χ3v) is 14.6. The zero-order valence-corrected chi connectivity index (χ0v) is 46.0. The number of hydrogen-bond donors (Lipinski definition) is 5. The van der Waals surface area contributed by atoms with Crippen molar-refractivity contribution in [2.75, 3.05) is 39.3 Å². The van der Waals surface area contributed by atoms with Crippen LogP contribution in [0.3, 0.4) is 0 Å². The summed E-state index contributed by atoms with van der Waals surface area (Å²) < 4.78 is 78.8. The molecule has 2 unspecified atom stereocenters. The summed E-state index contributed by atoms with van der Waals surface area (Å²) in [6.45, 7) is 13.1. The Kier molecular flexibility index (Phi) is 18.5. The molecule has 0 spiro atoms. The minimum atomic E-state index is -4.04. The molecule has 412 valence electrons. The molecule has 2 saturated heterocycles. The molecule has 0 saturated carbocycles. The maximum absolute atomic E-state index is 15.3. The van der Waals surface area contributed by atoms with Crippen LogP contribution in [0.5, 0.6) is 11.5 Å². The van der Waals surface area contributed by atoms with E-state index in [2.05, 4.69) is 35.0 Å². The third kappa shape index (κ3) is 14.0. The molecule has 13 nitrogen and oxygen atoms in total. The fourth-order valence-electron chi connectivity index (χ4n) is 9.85. The van der Waals surface area contributed by atoms with Crippen LogP contribution in [0.4, 0.5) is 17.6 Å². The number of aliphatic hydroxyl groups is 2. The smallest absolute Gasteiger partial charge is 0.399 e. The summed E-state index contributed by atoms with van der Waals surface area (Å²) in [6.07, 6.45) is 6.26. The number of rotatable bonds is 13. The van der Waals surface area contributed by atoms with Crippen LogP contribution in [-0.2, 0) is 34.3 Å². The number of ether oxygens (including phenoxy) is 2. The van der Waals surface area contributed by atoms with Gasteiger partial charge >= 0.3 is 17.8 Å². The lowest BCUT2D eigenvalue weighted by atomic mass is 9.91. The first-order valence-corrected chi connectivity index (χ1v) is 26.0. The van der Waals surface area contributed by atoms with Gasteiger partial charge < -0.3 is 54.5 Å². The van der Waals surface area contributed by atoms with Crippen LogP contribution in [-0.4, -0.2) is 99.6 Å². The number of aliphatic hydroxyl groups excluding tert-OH is 2. The number of aryl methyl sites for hydroxylation is 2. The van der Waals surface area contributed by atoms with E-state index < -0.39 is 53.5 Å². The molecular weight excluding hydrogens is 1050 g/mol. The maximum atomic E-state index is 15.3. The summed E-state index contributed by atoms with van der Waals surface area (Å²) in [6, 6.07) is 21.1. The summed E-state index contributed by atoms with van der Waals surface area (Å²) in [5.41, 5.74) is 9.83. The van der Waals surface area contributed by atoms with Gasteiger partial charge in [0.05, 0.1) is 12.1 Å². The Bertz CT molecular complexity index is 3000. The zero-order chi connectivity index (χ0) is 54.0. The molecule has 2 aromatic heterocycles. The molecule has 20 heteroatoms. The first kappa shape index (κ1) is 58.7. The highest BCUT2D eigenvalue weighted by atomic mass is 35.5. The van der Waals surface area contributed by atoms with Crippen molar-refractivity contribution in [1.29, 1.82) is 0 Å². The number of halogens is 6. The quantitative estimate of drug-likeness (QED) is 0.0546.